The predicted octanol–water partition coefficient (Wildman–Crippen LogP) is 5.98. The van der Waals surface area contributed by atoms with Gasteiger partial charge in [0.05, 0.1) is 11.9 Å². The Balaban J connectivity index is 1.57. The normalized spacial score (nSPS) is 14.7. The van der Waals surface area contributed by atoms with Crippen LogP contribution >= 0.6 is 11.3 Å². The minimum atomic E-state index is 0.820. The number of benzene rings is 2. The molecule has 1 aliphatic heterocycles. The lowest BCUT2D eigenvalue weighted by molar-refractivity contribution is 0.216. The smallest absolute Gasteiger partial charge is 0.146 e. The highest BCUT2D eigenvalue weighted by molar-refractivity contribution is 7.17. The highest BCUT2D eigenvalue weighted by Gasteiger charge is 2.20. The van der Waals surface area contributed by atoms with E-state index < -0.39 is 0 Å². The minimum absolute atomic E-state index is 0.820. The van der Waals surface area contributed by atoms with Gasteiger partial charge in [-0.3, -0.25) is 4.90 Å². The van der Waals surface area contributed by atoms with E-state index in [-0.39, 0.29) is 0 Å². The topological polar surface area (TPSA) is 32.3 Å². The fraction of sp³-hybridized carbons (Fsp3) is 0.308. The van der Waals surface area contributed by atoms with Crippen molar-refractivity contribution < 1.29 is 0 Å². The number of hydrogen-bond donors (Lipinski definition) is 0. The highest BCUT2D eigenvalue weighted by Crippen LogP contribution is 2.38. The number of thiophene rings is 1. The van der Waals surface area contributed by atoms with Gasteiger partial charge in [0.1, 0.15) is 16.5 Å². The second-order valence-electron chi connectivity index (χ2n) is 8.34. The van der Waals surface area contributed by atoms with Crippen LogP contribution in [0.5, 0.6) is 0 Å². The molecule has 0 radical (unpaired) electrons. The summed E-state index contributed by atoms with van der Waals surface area (Å²) < 4.78 is 0. The summed E-state index contributed by atoms with van der Waals surface area (Å²) in [6.45, 7) is 3.95. The quantitative estimate of drug-likeness (QED) is 0.378. The van der Waals surface area contributed by atoms with Gasteiger partial charge in [-0.1, -0.05) is 67.1 Å². The van der Waals surface area contributed by atoms with Gasteiger partial charge in [-0.15, -0.1) is 11.3 Å². The first-order valence-electron chi connectivity index (χ1n) is 11.1. The van der Waals surface area contributed by atoms with Crippen molar-refractivity contribution in [3.05, 3.63) is 77.4 Å². The molecule has 0 spiro atoms. The standard InChI is InChI=1S/C26H28N4S/c1-29(17-20-11-5-2-6-12-20)25-24-22(21-13-7-3-8-14-21)19-31-26(24)28-23(27-25)18-30-15-9-4-10-16-30/h2-3,5-8,11-14,19H,4,9-10,15-18H2,1H3. The summed E-state index contributed by atoms with van der Waals surface area (Å²) in [7, 11) is 2.14. The van der Waals surface area contributed by atoms with Crippen LogP contribution in [-0.2, 0) is 13.1 Å². The first-order chi connectivity index (χ1) is 15.3. The minimum Gasteiger partial charge on any atom is -0.355 e. The summed E-state index contributed by atoms with van der Waals surface area (Å²) in [5, 5.41) is 3.40. The maximum Gasteiger partial charge on any atom is 0.146 e. The second kappa shape index (κ2) is 9.16. The Labute approximate surface area is 188 Å². The summed E-state index contributed by atoms with van der Waals surface area (Å²) in [5.74, 6) is 1.96. The highest BCUT2D eigenvalue weighted by atomic mass is 32.1. The molecule has 0 N–H and O–H groups in total. The number of anilines is 1. The van der Waals surface area contributed by atoms with E-state index in [9.17, 15) is 0 Å². The van der Waals surface area contributed by atoms with Crippen molar-refractivity contribution in [3.63, 3.8) is 0 Å². The zero-order valence-corrected chi connectivity index (χ0v) is 18.8. The molecule has 3 heterocycles. The lowest BCUT2D eigenvalue weighted by Crippen LogP contribution is -2.30. The largest absolute Gasteiger partial charge is 0.355 e. The Kier molecular flexibility index (Phi) is 5.96. The molecule has 31 heavy (non-hydrogen) atoms. The summed E-state index contributed by atoms with van der Waals surface area (Å²) >= 11 is 1.73. The lowest BCUT2D eigenvalue weighted by Gasteiger charge is -2.26. The molecule has 0 atom stereocenters. The molecule has 158 valence electrons. The Hall–Kier alpha value is -2.76. The van der Waals surface area contributed by atoms with Crippen LogP contribution in [0, 0.1) is 0 Å². The average molecular weight is 429 g/mol. The number of aromatic nitrogens is 2. The number of nitrogens with zero attached hydrogens (tertiary/aromatic N) is 4. The van der Waals surface area contributed by atoms with Crippen LogP contribution in [-0.4, -0.2) is 35.0 Å². The van der Waals surface area contributed by atoms with Crippen LogP contribution in [0.3, 0.4) is 0 Å². The molecule has 2 aromatic heterocycles. The first-order valence-corrected chi connectivity index (χ1v) is 12.0. The Morgan fingerprint density at radius 3 is 2.35 bits per heavy atom. The van der Waals surface area contributed by atoms with Gasteiger partial charge in [0.15, 0.2) is 0 Å². The summed E-state index contributed by atoms with van der Waals surface area (Å²) in [6, 6.07) is 21.2. The van der Waals surface area contributed by atoms with Crippen LogP contribution in [0.2, 0.25) is 0 Å². The molecule has 0 saturated carbocycles. The summed E-state index contributed by atoms with van der Waals surface area (Å²) in [4.78, 5) is 16.0. The zero-order valence-electron chi connectivity index (χ0n) is 18.0. The Morgan fingerprint density at radius 2 is 1.61 bits per heavy atom. The monoisotopic (exact) mass is 428 g/mol. The van der Waals surface area contributed by atoms with Gasteiger partial charge in [0, 0.05) is 24.5 Å². The van der Waals surface area contributed by atoms with Crippen molar-refractivity contribution in [3.8, 4) is 11.1 Å². The molecule has 1 saturated heterocycles. The number of piperidine rings is 1. The van der Waals surface area contributed by atoms with Crippen LogP contribution in [0.15, 0.2) is 66.0 Å². The number of fused-ring (bicyclic) bond motifs is 1. The van der Waals surface area contributed by atoms with E-state index in [1.807, 2.05) is 0 Å². The molecule has 0 unspecified atom stereocenters. The molecule has 5 rings (SSSR count). The van der Waals surface area contributed by atoms with Gasteiger partial charge in [0.25, 0.3) is 0 Å². The maximum absolute atomic E-state index is 5.13. The van der Waals surface area contributed by atoms with Crippen molar-refractivity contribution in [2.24, 2.45) is 0 Å². The van der Waals surface area contributed by atoms with Crippen molar-refractivity contribution in [1.82, 2.24) is 14.9 Å². The molecule has 4 aromatic rings. The molecular formula is C26H28N4S. The van der Waals surface area contributed by atoms with Crippen molar-refractivity contribution in [2.45, 2.75) is 32.4 Å². The predicted molar refractivity (Wildman–Crippen MR) is 131 cm³/mol. The van der Waals surface area contributed by atoms with E-state index >= 15 is 0 Å². The summed E-state index contributed by atoms with van der Waals surface area (Å²) in [5.41, 5.74) is 3.72. The van der Waals surface area contributed by atoms with Crippen molar-refractivity contribution in [1.29, 1.82) is 0 Å². The third kappa shape index (κ3) is 4.48. The van der Waals surface area contributed by atoms with Gasteiger partial charge >= 0.3 is 0 Å². The van der Waals surface area contributed by atoms with Crippen LogP contribution in [0.4, 0.5) is 5.82 Å². The molecule has 0 amide bonds. The van der Waals surface area contributed by atoms with Crippen LogP contribution < -0.4 is 4.90 Å². The number of likely N-dealkylation sites (tertiary alicyclic amines) is 1. The van der Waals surface area contributed by atoms with Gasteiger partial charge in [-0.05, 0) is 37.1 Å². The van der Waals surface area contributed by atoms with E-state index in [0.717, 1.165) is 48.0 Å². The molecular weight excluding hydrogens is 400 g/mol. The maximum atomic E-state index is 5.13. The Morgan fingerprint density at radius 1 is 0.903 bits per heavy atom. The van der Waals surface area contributed by atoms with Gasteiger partial charge in [-0.25, -0.2) is 9.97 Å². The van der Waals surface area contributed by atoms with Gasteiger partial charge in [-0.2, -0.15) is 0 Å². The van der Waals surface area contributed by atoms with Crippen molar-refractivity contribution >= 4 is 27.4 Å². The number of rotatable bonds is 6. The molecule has 0 aliphatic carbocycles. The molecule has 1 aliphatic rings. The Bertz CT molecular complexity index is 1130. The van der Waals surface area contributed by atoms with E-state index in [2.05, 4.69) is 82.9 Å². The molecule has 4 nitrogen and oxygen atoms in total. The summed E-state index contributed by atoms with van der Waals surface area (Å²) in [6.07, 6.45) is 3.90. The van der Waals surface area contributed by atoms with Crippen LogP contribution in [0.1, 0.15) is 30.7 Å². The van der Waals surface area contributed by atoms with E-state index in [0.29, 0.717) is 0 Å². The van der Waals surface area contributed by atoms with E-state index in [4.69, 9.17) is 9.97 Å². The SMILES string of the molecule is CN(Cc1ccccc1)c1nc(CN2CCCCC2)nc2scc(-c3ccccc3)c12. The first kappa shape index (κ1) is 20.2. The van der Waals surface area contributed by atoms with Gasteiger partial charge < -0.3 is 4.90 Å². The molecule has 0 bridgehead atoms. The zero-order chi connectivity index (χ0) is 21.0. The second-order valence-corrected chi connectivity index (χ2v) is 9.20. The number of hydrogen-bond acceptors (Lipinski definition) is 5. The van der Waals surface area contributed by atoms with Crippen LogP contribution in [0.25, 0.3) is 21.3 Å². The third-order valence-corrected chi connectivity index (χ3v) is 6.86. The third-order valence-electron chi connectivity index (χ3n) is 5.98. The molecule has 1 fully saturated rings. The lowest BCUT2D eigenvalue weighted by atomic mass is 10.1. The molecule has 2 aromatic carbocycles. The molecule has 5 heteroatoms. The average Bonchev–Trinajstić information content (AvgIpc) is 3.24. The fourth-order valence-corrected chi connectivity index (χ4v) is 5.35. The van der Waals surface area contributed by atoms with Crippen molar-refractivity contribution in [2.75, 3.05) is 25.0 Å². The van der Waals surface area contributed by atoms with E-state index in [1.54, 1.807) is 11.3 Å². The van der Waals surface area contributed by atoms with Gasteiger partial charge in [0.2, 0.25) is 0 Å². The fourth-order valence-electron chi connectivity index (χ4n) is 4.39. The van der Waals surface area contributed by atoms with E-state index in [1.165, 1.54) is 36.0 Å².